The number of amides is 2. The minimum absolute atomic E-state index is 0.0109. The average Bonchev–Trinajstić information content (AvgIpc) is 3.07. The number of hydrogen-bond acceptors (Lipinski definition) is 6. The Bertz CT molecular complexity index is 858. The van der Waals surface area contributed by atoms with E-state index < -0.39 is 0 Å². The molecule has 29 heavy (non-hydrogen) atoms. The van der Waals surface area contributed by atoms with Gasteiger partial charge >= 0.3 is 0 Å². The monoisotopic (exact) mass is 416 g/mol. The van der Waals surface area contributed by atoms with Crippen LogP contribution in [0.15, 0.2) is 17.5 Å². The molecule has 2 bridgehead atoms. The fraction of sp³-hybridized carbons (Fsp3) is 0.619. The summed E-state index contributed by atoms with van der Waals surface area (Å²) >= 11 is 1.37. The van der Waals surface area contributed by atoms with E-state index in [0.717, 1.165) is 19.4 Å². The van der Waals surface area contributed by atoms with Crippen molar-refractivity contribution in [1.82, 2.24) is 20.5 Å². The highest BCUT2D eigenvalue weighted by molar-refractivity contribution is 7.09. The van der Waals surface area contributed by atoms with Crippen LogP contribution in [-0.4, -0.2) is 54.7 Å². The second kappa shape index (κ2) is 7.65. The number of nitrogens with zero attached hydrogens (tertiary/aromatic N) is 2. The van der Waals surface area contributed by atoms with Gasteiger partial charge in [-0.1, -0.05) is 12.2 Å². The largest absolute Gasteiger partial charge is 0.355 e. The summed E-state index contributed by atoms with van der Waals surface area (Å²) in [6.07, 6.45) is 6.50. The van der Waals surface area contributed by atoms with Crippen molar-refractivity contribution >= 4 is 28.9 Å². The lowest BCUT2D eigenvalue weighted by Gasteiger charge is -2.26. The molecule has 2 fully saturated rings. The van der Waals surface area contributed by atoms with E-state index in [1.54, 1.807) is 5.38 Å². The smallest absolute Gasteiger partial charge is 0.224 e. The highest BCUT2D eigenvalue weighted by Gasteiger charge is 2.69. The molecule has 0 aliphatic heterocycles. The van der Waals surface area contributed by atoms with Crippen LogP contribution >= 0.6 is 11.3 Å². The van der Waals surface area contributed by atoms with E-state index in [0.29, 0.717) is 17.2 Å². The molecule has 4 rings (SSSR count). The highest BCUT2D eigenvalue weighted by Crippen LogP contribution is 2.72. The molecule has 0 saturated heterocycles. The van der Waals surface area contributed by atoms with Gasteiger partial charge in [0.1, 0.15) is 10.7 Å². The van der Waals surface area contributed by atoms with E-state index in [1.165, 1.54) is 18.3 Å². The fourth-order valence-corrected chi connectivity index (χ4v) is 5.84. The Labute approximate surface area is 174 Å². The van der Waals surface area contributed by atoms with Gasteiger partial charge in [-0.2, -0.15) is 0 Å². The normalized spacial score (nSPS) is 28.1. The van der Waals surface area contributed by atoms with Gasteiger partial charge < -0.3 is 15.5 Å². The van der Waals surface area contributed by atoms with Crippen LogP contribution in [0.1, 0.15) is 35.3 Å². The van der Waals surface area contributed by atoms with Crippen molar-refractivity contribution in [3.8, 4) is 0 Å². The van der Waals surface area contributed by atoms with Gasteiger partial charge in [0.05, 0.1) is 18.4 Å². The summed E-state index contributed by atoms with van der Waals surface area (Å²) in [5.74, 6) is -0.517. The molecule has 7 nitrogen and oxygen atoms in total. The number of hydrogen-bond donors (Lipinski definition) is 2. The maximum absolute atomic E-state index is 13.1. The molecule has 0 radical (unpaired) electrons. The molecule has 2 amide bonds. The number of rotatable bonds is 8. The predicted octanol–water partition coefficient (Wildman–Crippen LogP) is 1.47. The SMILES string of the molecule is CC(=O)c1csc(CNC(=O)[C@H]2[C@H](C(=O)NCCN(C)C)[C@H]3C=C[C@@H]2C32CC2)n1. The maximum atomic E-state index is 13.1. The first-order chi connectivity index (χ1) is 13.8. The zero-order valence-electron chi connectivity index (χ0n) is 17.1. The molecule has 2 saturated carbocycles. The number of allylic oxidation sites excluding steroid dienone is 2. The first-order valence-electron chi connectivity index (χ1n) is 10.2. The second-order valence-electron chi connectivity index (χ2n) is 8.72. The van der Waals surface area contributed by atoms with E-state index in [4.69, 9.17) is 0 Å². The third-order valence-corrected chi connectivity index (χ3v) is 7.48. The zero-order chi connectivity index (χ0) is 20.8. The third kappa shape index (κ3) is 3.64. The molecule has 0 unspecified atom stereocenters. The summed E-state index contributed by atoms with van der Waals surface area (Å²) < 4.78 is 0. The average molecular weight is 417 g/mol. The maximum Gasteiger partial charge on any atom is 0.224 e. The summed E-state index contributed by atoms with van der Waals surface area (Å²) in [7, 11) is 3.94. The summed E-state index contributed by atoms with van der Waals surface area (Å²) in [4.78, 5) is 43.9. The zero-order valence-corrected chi connectivity index (χ0v) is 17.9. The van der Waals surface area contributed by atoms with Crippen LogP contribution in [0.3, 0.4) is 0 Å². The lowest BCUT2D eigenvalue weighted by Crippen LogP contribution is -2.45. The topological polar surface area (TPSA) is 91.4 Å². The minimum Gasteiger partial charge on any atom is -0.355 e. The van der Waals surface area contributed by atoms with Crippen molar-refractivity contribution in [2.24, 2.45) is 29.1 Å². The molecule has 4 atom stereocenters. The van der Waals surface area contributed by atoms with Gasteiger partial charge in [-0.3, -0.25) is 14.4 Å². The van der Waals surface area contributed by atoms with E-state index in [1.807, 2.05) is 19.0 Å². The highest BCUT2D eigenvalue weighted by atomic mass is 32.1. The molecule has 1 aromatic heterocycles. The molecule has 1 spiro atoms. The number of carbonyl (C=O) groups excluding carboxylic acids is 3. The fourth-order valence-electron chi connectivity index (χ4n) is 5.06. The Morgan fingerprint density at radius 3 is 2.28 bits per heavy atom. The Morgan fingerprint density at radius 1 is 1.14 bits per heavy atom. The van der Waals surface area contributed by atoms with Crippen molar-refractivity contribution in [3.05, 3.63) is 28.2 Å². The number of Topliss-reactive ketones (excluding diaryl/α,β-unsaturated/α-hetero) is 1. The number of likely N-dealkylation sites (N-methyl/N-ethyl adjacent to an activating group) is 1. The van der Waals surface area contributed by atoms with Gasteiger partial charge in [0.15, 0.2) is 5.78 Å². The van der Waals surface area contributed by atoms with E-state index in [9.17, 15) is 14.4 Å². The van der Waals surface area contributed by atoms with Crippen molar-refractivity contribution in [2.45, 2.75) is 26.3 Å². The lowest BCUT2D eigenvalue weighted by atomic mass is 9.81. The second-order valence-corrected chi connectivity index (χ2v) is 9.66. The van der Waals surface area contributed by atoms with Gasteiger partial charge in [-0.05, 0) is 44.2 Å². The van der Waals surface area contributed by atoms with Crippen molar-refractivity contribution in [1.29, 1.82) is 0 Å². The summed E-state index contributed by atoms with van der Waals surface area (Å²) in [5, 5.41) is 8.43. The molecular formula is C21H28N4O3S. The number of aromatic nitrogens is 1. The van der Waals surface area contributed by atoms with E-state index >= 15 is 0 Å². The van der Waals surface area contributed by atoms with E-state index in [-0.39, 0.29) is 53.2 Å². The minimum atomic E-state index is -0.334. The summed E-state index contributed by atoms with van der Waals surface area (Å²) in [5.41, 5.74) is 0.548. The van der Waals surface area contributed by atoms with E-state index in [2.05, 4.69) is 27.8 Å². The van der Waals surface area contributed by atoms with Crippen LogP contribution in [-0.2, 0) is 16.1 Å². The first-order valence-corrected chi connectivity index (χ1v) is 11.1. The van der Waals surface area contributed by atoms with Crippen molar-refractivity contribution in [3.63, 3.8) is 0 Å². The van der Waals surface area contributed by atoms with Gasteiger partial charge in [0, 0.05) is 25.4 Å². The van der Waals surface area contributed by atoms with Gasteiger partial charge in [0.25, 0.3) is 0 Å². The van der Waals surface area contributed by atoms with Crippen LogP contribution in [0.5, 0.6) is 0 Å². The molecule has 0 aromatic carbocycles. The molecule has 1 aromatic rings. The van der Waals surface area contributed by atoms with Gasteiger partial charge in [-0.25, -0.2) is 4.98 Å². The van der Waals surface area contributed by atoms with Crippen LogP contribution < -0.4 is 10.6 Å². The molecule has 1 heterocycles. The Balaban J connectivity index is 1.44. The van der Waals surface area contributed by atoms with Crippen molar-refractivity contribution < 1.29 is 14.4 Å². The Kier molecular flexibility index (Phi) is 5.33. The Morgan fingerprint density at radius 2 is 1.76 bits per heavy atom. The first kappa shape index (κ1) is 20.2. The summed E-state index contributed by atoms with van der Waals surface area (Å²) in [6, 6.07) is 0. The van der Waals surface area contributed by atoms with Crippen molar-refractivity contribution in [2.75, 3.05) is 27.2 Å². The van der Waals surface area contributed by atoms with Crippen LogP contribution in [0.4, 0.5) is 0 Å². The van der Waals surface area contributed by atoms with Gasteiger partial charge in [-0.15, -0.1) is 11.3 Å². The van der Waals surface area contributed by atoms with Crippen LogP contribution in [0.2, 0.25) is 0 Å². The van der Waals surface area contributed by atoms with Crippen LogP contribution in [0, 0.1) is 29.1 Å². The number of nitrogens with one attached hydrogen (secondary N) is 2. The lowest BCUT2D eigenvalue weighted by molar-refractivity contribution is -0.135. The van der Waals surface area contributed by atoms with Gasteiger partial charge in [0.2, 0.25) is 11.8 Å². The number of carbonyl (C=O) groups is 3. The quantitative estimate of drug-likeness (QED) is 0.495. The Hall–Kier alpha value is -2.06. The molecule has 156 valence electrons. The molecule has 3 aliphatic rings. The molecule has 8 heteroatoms. The third-order valence-electron chi connectivity index (χ3n) is 6.63. The predicted molar refractivity (Wildman–Crippen MR) is 110 cm³/mol. The number of thiazole rings is 1. The molecular weight excluding hydrogens is 388 g/mol. The number of ketones is 1. The molecule has 3 aliphatic carbocycles. The molecule has 2 N–H and O–H groups in total. The van der Waals surface area contributed by atoms with Crippen LogP contribution in [0.25, 0.3) is 0 Å². The summed E-state index contributed by atoms with van der Waals surface area (Å²) in [6.45, 7) is 3.12. The standard InChI is InChI=1S/C21H28N4O3S/c1-12(26)15-11-29-16(24-15)10-23-20(28)18-14-5-4-13(21(14)6-7-21)17(18)19(27)22-8-9-25(2)3/h4-5,11,13-14,17-18H,6-10H2,1-3H3,(H,22,27)(H,23,28)/t13-,14+,17-,18-/m1/s1.